The average molecular weight is 289 g/mol. The second-order valence-electron chi connectivity index (χ2n) is 5.40. The summed E-state index contributed by atoms with van der Waals surface area (Å²) >= 11 is 0. The molecule has 0 radical (unpaired) electrons. The summed E-state index contributed by atoms with van der Waals surface area (Å²) < 4.78 is 0. The fraction of sp³-hybridized carbons (Fsp3) is 0.400. The second kappa shape index (κ2) is 6.05. The molecule has 1 aromatic carbocycles. The number of likely N-dealkylation sites (tertiary alicyclic amines) is 1. The normalized spacial score (nSPS) is 19.8. The Hall–Kier alpha value is -2.21. The first-order valence-electron chi connectivity index (χ1n) is 6.87. The van der Waals surface area contributed by atoms with Gasteiger partial charge in [-0.15, -0.1) is 0 Å². The Balaban J connectivity index is 2.08. The van der Waals surface area contributed by atoms with Crippen LogP contribution in [0.25, 0.3) is 0 Å². The molecule has 0 saturated carbocycles. The Labute approximate surface area is 123 Å². The Morgan fingerprint density at radius 1 is 1.38 bits per heavy atom. The van der Waals surface area contributed by atoms with Crippen molar-refractivity contribution in [3.8, 4) is 0 Å². The highest BCUT2D eigenvalue weighted by molar-refractivity contribution is 6.03. The van der Waals surface area contributed by atoms with Crippen LogP contribution in [-0.4, -0.2) is 22.6 Å². The van der Waals surface area contributed by atoms with Crippen LogP contribution in [0.2, 0.25) is 0 Å². The van der Waals surface area contributed by atoms with E-state index < -0.39 is 0 Å². The molecule has 3 N–H and O–H groups in total. The molecule has 6 nitrogen and oxygen atoms in total. The Bertz CT molecular complexity index is 568. The predicted octanol–water partition coefficient (Wildman–Crippen LogP) is 0.675. The van der Waals surface area contributed by atoms with Crippen molar-refractivity contribution in [1.82, 2.24) is 10.3 Å². The van der Waals surface area contributed by atoms with Gasteiger partial charge in [-0.25, -0.2) is 5.84 Å². The number of hydrogen-bond donors (Lipinski definition) is 2. The summed E-state index contributed by atoms with van der Waals surface area (Å²) in [6, 6.07) is 7.26. The van der Waals surface area contributed by atoms with Gasteiger partial charge < -0.3 is 0 Å². The quantitative estimate of drug-likeness (QED) is 0.369. The number of imide groups is 1. The van der Waals surface area contributed by atoms with Crippen LogP contribution in [0.4, 0.5) is 0 Å². The number of nitrogens with zero attached hydrogens (tertiary/aromatic N) is 1. The molecule has 1 aromatic rings. The molecule has 1 heterocycles. The molecule has 2 rings (SSSR count). The number of nitrogens with two attached hydrogens (primary N) is 1. The van der Waals surface area contributed by atoms with Crippen molar-refractivity contribution in [2.75, 3.05) is 0 Å². The monoisotopic (exact) mass is 289 g/mol. The molecule has 0 spiro atoms. The van der Waals surface area contributed by atoms with E-state index in [1.54, 1.807) is 13.8 Å². The number of rotatable bonds is 4. The molecule has 1 saturated heterocycles. The summed E-state index contributed by atoms with van der Waals surface area (Å²) in [5, 5.41) is 0. The van der Waals surface area contributed by atoms with Gasteiger partial charge in [-0.3, -0.25) is 24.7 Å². The largest absolute Gasteiger partial charge is 0.294 e. The van der Waals surface area contributed by atoms with Crippen LogP contribution < -0.4 is 11.3 Å². The second-order valence-corrected chi connectivity index (χ2v) is 5.40. The molecule has 21 heavy (non-hydrogen) atoms. The highest BCUT2D eigenvalue weighted by atomic mass is 16.2. The van der Waals surface area contributed by atoms with E-state index in [2.05, 4.69) is 5.43 Å². The van der Waals surface area contributed by atoms with E-state index in [-0.39, 0.29) is 42.5 Å². The van der Waals surface area contributed by atoms with Gasteiger partial charge in [0.1, 0.15) is 0 Å². The van der Waals surface area contributed by atoms with E-state index in [1.807, 2.05) is 24.3 Å². The topological polar surface area (TPSA) is 92.5 Å². The third-order valence-electron chi connectivity index (χ3n) is 3.83. The first kappa shape index (κ1) is 15.2. The van der Waals surface area contributed by atoms with Crippen LogP contribution in [-0.2, 0) is 20.9 Å². The molecular formula is C15H19N3O3. The zero-order valence-corrected chi connectivity index (χ0v) is 12.1. The lowest BCUT2D eigenvalue weighted by Gasteiger charge is -2.15. The van der Waals surface area contributed by atoms with Gasteiger partial charge >= 0.3 is 0 Å². The van der Waals surface area contributed by atoms with E-state index >= 15 is 0 Å². The van der Waals surface area contributed by atoms with Crippen LogP contribution in [0.3, 0.4) is 0 Å². The van der Waals surface area contributed by atoms with Crippen LogP contribution in [0.1, 0.15) is 37.3 Å². The maximum atomic E-state index is 11.9. The van der Waals surface area contributed by atoms with Crippen LogP contribution in [0.15, 0.2) is 24.3 Å². The zero-order chi connectivity index (χ0) is 15.6. The van der Waals surface area contributed by atoms with Gasteiger partial charge in [-0.05, 0) is 18.1 Å². The molecule has 1 fully saturated rings. The molecule has 1 aliphatic heterocycles. The van der Waals surface area contributed by atoms with E-state index in [0.29, 0.717) is 0 Å². The zero-order valence-electron chi connectivity index (χ0n) is 12.1. The predicted molar refractivity (Wildman–Crippen MR) is 76.5 cm³/mol. The first-order chi connectivity index (χ1) is 9.93. The van der Waals surface area contributed by atoms with E-state index in [9.17, 15) is 14.4 Å². The maximum absolute atomic E-state index is 11.9. The Kier molecular flexibility index (Phi) is 4.37. The summed E-state index contributed by atoms with van der Waals surface area (Å²) in [7, 11) is 0. The van der Waals surface area contributed by atoms with Crippen LogP contribution in [0.5, 0.6) is 0 Å². The molecule has 0 bridgehead atoms. The van der Waals surface area contributed by atoms with Gasteiger partial charge in [0.2, 0.25) is 17.7 Å². The smallest absolute Gasteiger partial charge is 0.241 e. The van der Waals surface area contributed by atoms with E-state index in [4.69, 9.17) is 5.84 Å². The lowest BCUT2D eigenvalue weighted by atomic mass is 9.99. The van der Waals surface area contributed by atoms with Crippen molar-refractivity contribution in [3.05, 3.63) is 35.4 Å². The van der Waals surface area contributed by atoms with E-state index in [0.717, 1.165) is 11.1 Å². The number of carbonyl (C=O) groups excluding carboxylic acids is 3. The van der Waals surface area contributed by atoms with Crippen molar-refractivity contribution in [1.29, 1.82) is 0 Å². The number of amides is 3. The highest BCUT2D eigenvalue weighted by Gasteiger charge is 2.35. The van der Waals surface area contributed by atoms with Crippen molar-refractivity contribution in [3.63, 3.8) is 0 Å². The SMILES string of the molecule is CC1CC(=O)N(Cc2ccc(C(C)C(=O)NN)cc2)C1=O. The molecule has 2 unspecified atom stereocenters. The molecule has 3 amide bonds. The maximum Gasteiger partial charge on any atom is 0.241 e. The first-order valence-corrected chi connectivity index (χ1v) is 6.87. The minimum Gasteiger partial charge on any atom is -0.294 e. The van der Waals surface area contributed by atoms with Crippen molar-refractivity contribution >= 4 is 17.7 Å². The van der Waals surface area contributed by atoms with Gasteiger partial charge in [-0.1, -0.05) is 31.2 Å². The molecule has 6 heteroatoms. The Morgan fingerprint density at radius 2 is 2.00 bits per heavy atom. The molecule has 2 atom stereocenters. The standard InChI is InChI=1S/C15H19N3O3/c1-9-7-13(19)18(15(9)21)8-11-3-5-12(6-4-11)10(2)14(20)17-16/h3-6,9-10H,7-8,16H2,1-2H3,(H,17,20). The third kappa shape index (κ3) is 3.11. The van der Waals surface area contributed by atoms with Crippen molar-refractivity contribution in [2.24, 2.45) is 11.8 Å². The van der Waals surface area contributed by atoms with E-state index in [1.165, 1.54) is 4.90 Å². The van der Waals surface area contributed by atoms with Gasteiger partial charge in [-0.2, -0.15) is 0 Å². The number of carbonyl (C=O) groups is 3. The van der Waals surface area contributed by atoms with Crippen LogP contribution >= 0.6 is 0 Å². The van der Waals surface area contributed by atoms with Gasteiger partial charge in [0.15, 0.2) is 0 Å². The Morgan fingerprint density at radius 3 is 2.48 bits per heavy atom. The third-order valence-corrected chi connectivity index (χ3v) is 3.83. The molecular weight excluding hydrogens is 270 g/mol. The minimum atomic E-state index is -0.348. The number of hydrogen-bond acceptors (Lipinski definition) is 4. The van der Waals surface area contributed by atoms with Crippen molar-refractivity contribution in [2.45, 2.75) is 32.7 Å². The summed E-state index contributed by atoms with van der Waals surface area (Å²) in [4.78, 5) is 36.4. The lowest BCUT2D eigenvalue weighted by Crippen LogP contribution is -2.33. The number of benzene rings is 1. The summed E-state index contributed by atoms with van der Waals surface area (Å²) in [6.45, 7) is 3.79. The van der Waals surface area contributed by atoms with Crippen LogP contribution in [0, 0.1) is 5.92 Å². The fourth-order valence-electron chi connectivity index (χ4n) is 2.39. The summed E-state index contributed by atoms with van der Waals surface area (Å²) in [5.74, 6) is 4.01. The molecule has 0 aliphatic carbocycles. The minimum absolute atomic E-state index is 0.125. The molecule has 0 aromatic heterocycles. The average Bonchev–Trinajstić information content (AvgIpc) is 2.73. The number of hydrazine groups is 1. The summed E-state index contributed by atoms with van der Waals surface area (Å²) in [5.41, 5.74) is 3.80. The fourth-order valence-corrected chi connectivity index (χ4v) is 2.39. The van der Waals surface area contributed by atoms with Crippen molar-refractivity contribution < 1.29 is 14.4 Å². The van der Waals surface area contributed by atoms with Gasteiger partial charge in [0.05, 0.1) is 12.5 Å². The number of nitrogens with one attached hydrogen (secondary N) is 1. The highest BCUT2D eigenvalue weighted by Crippen LogP contribution is 2.22. The van der Waals surface area contributed by atoms with Gasteiger partial charge in [0, 0.05) is 12.3 Å². The summed E-state index contributed by atoms with van der Waals surface area (Å²) in [6.07, 6.45) is 0.282. The molecule has 112 valence electrons. The van der Waals surface area contributed by atoms with Gasteiger partial charge in [0.25, 0.3) is 0 Å². The lowest BCUT2D eigenvalue weighted by molar-refractivity contribution is -0.139. The molecule has 1 aliphatic rings.